The number of carbonyl (C=O) groups is 2. The fourth-order valence-electron chi connectivity index (χ4n) is 13.0. The van der Waals surface area contributed by atoms with E-state index in [1.165, 1.54) is 24.0 Å². The maximum Gasteiger partial charge on any atom is 0.335 e. The predicted octanol–water partition coefficient (Wildman–Crippen LogP) is 13.5. The lowest BCUT2D eigenvalue weighted by atomic mass is 9.64. The van der Waals surface area contributed by atoms with Gasteiger partial charge in [0.1, 0.15) is 22.7 Å². The van der Waals surface area contributed by atoms with E-state index in [0.717, 1.165) is 91.8 Å². The van der Waals surface area contributed by atoms with Crippen LogP contribution < -0.4 is 9.47 Å². The molecule has 3 aliphatic heterocycles. The average Bonchev–Trinajstić information content (AvgIpc) is 3.37. The predicted molar refractivity (Wildman–Crippen MR) is 282 cm³/mol. The lowest BCUT2D eigenvalue weighted by Gasteiger charge is -2.49. The SMILES string of the molecule is CC.CC1CCC2C(C1)c1c(c3ccccc3c3nc4ccc(C(=O)N5CCOCC5)cc4nc13)OC2(C)C.C[C@H]1CC[C@H]2[C@H](C1)c1c(c3ccccc3c3nc4cc(C(=O)O)ccc4nc13)OC2(C)C. The molecule has 8 aromatic rings. The molecule has 5 heterocycles. The monoisotopic (exact) mass is 951 g/mol. The van der Waals surface area contributed by atoms with Crippen LogP contribution >= 0.6 is 0 Å². The van der Waals surface area contributed by atoms with Crippen LogP contribution in [0.25, 0.3) is 65.7 Å². The Hall–Kier alpha value is -6.46. The Morgan fingerprint density at radius 2 is 0.986 bits per heavy atom. The first kappa shape index (κ1) is 46.9. The number of ether oxygens (including phenoxy) is 3. The molecule has 366 valence electrons. The molecule has 3 unspecified atom stereocenters. The number of amides is 1. The largest absolute Gasteiger partial charge is 0.487 e. The molecule has 11 heteroatoms. The second-order valence-electron chi connectivity index (χ2n) is 21.7. The van der Waals surface area contributed by atoms with Gasteiger partial charge in [-0.1, -0.05) is 89.1 Å². The number of fused-ring (bicyclic) bond motifs is 18. The maximum absolute atomic E-state index is 13.2. The third-order valence-corrected chi connectivity index (χ3v) is 16.5. The van der Waals surface area contributed by atoms with Gasteiger partial charge in [0, 0.05) is 63.2 Å². The standard InChI is InChI=1S/C31H33N3O3.C27H26N2O3.C2H6/c1-18-8-10-23-22(16-18)26-28-27(20-6-4-5-7-21(20)29(26)37-31(23,2)3)32-24-11-9-19(17-25(24)33-28)30(35)34-12-14-36-15-13-34;1-14-8-10-19-18(12-14)22-24-23(29-21-13-15(26(30)31)9-11-20(21)28-24)16-6-4-5-7-17(16)25(22)32-27(19,2)3;1-2/h4-7,9,11,17-18,22-23H,8,10,12-16H2,1-3H3;4-7,9,11,13-14,18-19H,8,10,12H2,1-3H3,(H,30,31);1-2H3/t;14-,18-,19-;/m.0./s1. The van der Waals surface area contributed by atoms with E-state index in [4.69, 9.17) is 34.1 Å². The van der Waals surface area contributed by atoms with Gasteiger partial charge in [-0.15, -0.1) is 0 Å². The number of nitrogens with zero attached hydrogens (tertiary/aromatic N) is 5. The second-order valence-corrected chi connectivity index (χ2v) is 21.7. The van der Waals surface area contributed by atoms with Gasteiger partial charge in [0.15, 0.2) is 0 Å². The van der Waals surface area contributed by atoms with E-state index >= 15 is 0 Å². The molecule has 6 atom stereocenters. The fraction of sp³-hybridized carbons (Fsp3) is 0.433. The molecule has 2 aromatic heterocycles. The van der Waals surface area contributed by atoms with E-state index in [1.54, 1.807) is 18.2 Å². The molecule has 71 heavy (non-hydrogen) atoms. The van der Waals surface area contributed by atoms with Crippen molar-refractivity contribution in [2.75, 3.05) is 26.3 Å². The van der Waals surface area contributed by atoms with Gasteiger partial charge in [-0.25, -0.2) is 24.7 Å². The molecule has 1 saturated heterocycles. The van der Waals surface area contributed by atoms with Crippen molar-refractivity contribution in [1.29, 1.82) is 0 Å². The van der Waals surface area contributed by atoms with Crippen molar-refractivity contribution in [3.8, 4) is 11.5 Å². The number of carboxylic acid groups (broad SMARTS) is 1. The Labute approximate surface area is 415 Å². The number of rotatable bonds is 2. The number of benzene rings is 6. The van der Waals surface area contributed by atoms with Gasteiger partial charge in [-0.2, -0.15) is 0 Å². The number of carbonyl (C=O) groups excluding carboxylic acids is 1. The Morgan fingerprint density at radius 1 is 0.563 bits per heavy atom. The summed E-state index contributed by atoms with van der Waals surface area (Å²) < 4.78 is 19.1. The van der Waals surface area contributed by atoms with Gasteiger partial charge < -0.3 is 24.2 Å². The van der Waals surface area contributed by atoms with E-state index in [2.05, 4.69) is 77.9 Å². The van der Waals surface area contributed by atoms with Gasteiger partial charge in [0.25, 0.3) is 5.91 Å². The van der Waals surface area contributed by atoms with E-state index in [9.17, 15) is 14.7 Å². The fourth-order valence-corrected chi connectivity index (χ4v) is 13.0. The lowest BCUT2D eigenvalue weighted by Crippen LogP contribution is -2.46. The molecule has 0 spiro atoms. The Bertz CT molecular complexity index is 3440. The molecule has 13 rings (SSSR count). The van der Waals surface area contributed by atoms with E-state index in [1.807, 2.05) is 49.1 Å². The summed E-state index contributed by atoms with van der Waals surface area (Å²) in [5, 5.41) is 13.7. The van der Waals surface area contributed by atoms with Gasteiger partial charge in [0.2, 0.25) is 0 Å². The zero-order valence-corrected chi connectivity index (χ0v) is 42.3. The van der Waals surface area contributed by atoms with E-state index in [0.29, 0.717) is 78.4 Å². The number of carboxylic acids is 1. The van der Waals surface area contributed by atoms with Crippen molar-refractivity contribution in [2.24, 2.45) is 23.7 Å². The molecule has 0 radical (unpaired) electrons. The van der Waals surface area contributed by atoms with Crippen LogP contribution in [0.1, 0.15) is 138 Å². The lowest BCUT2D eigenvalue weighted by molar-refractivity contribution is -0.0118. The Balaban J connectivity index is 0.000000150. The van der Waals surface area contributed by atoms with Crippen LogP contribution in [0.15, 0.2) is 84.9 Å². The summed E-state index contributed by atoms with van der Waals surface area (Å²) in [6.45, 7) is 20.1. The summed E-state index contributed by atoms with van der Waals surface area (Å²) in [6, 6.07) is 27.4. The first-order valence-corrected chi connectivity index (χ1v) is 26.0. The summed E-state index contributed by atoms with van der Waals surface area (Å²) in [6.07, 6.45) is 7.02. The van der Waals surface area contributed by atoms with Gasteiger partial charge in [0.05, 0.1) is 62.9 Å². The molecular weight excluding hydrogens is 887 g/mol. The minimum Gasteiger partial charge on any atom is -0.487 e. The highest BCUT2D eigenvalue weighted by molar-refractivity contribution is 6.13. The third-order valence-electron chi connectivity index (χ3n) is 16.5. The summed E-state index contributed by atoms with van der Waals surface area (Å²) in [5.41, 5.74) is 9.25. The molecule has 1 amide bonds. The summed E-state index contributed by atoms with van der Waals surface area (Å²) in [5.74, 6) is 3.92. The van der Waals surface area contributed by atoms with Crippen molar-refractivity contribution in [3.05, 3.63) is 107 Å². The zero-order valence-electron chi connectivity index (χ0n) is 42.3. The van der Waals surface area contributed by atoms with Gasteiger partial charge in [-0.05, 0) is 113 Å². The maximum atomic E-state index is 13.2. The minimum atomic E-state index is -0.959. The highest BCUT2D eigenvalue weighted by Gasteiger charge is 2.49. The number of hydrogen-bond acceptors (Lipinski definition) is 9. The first-order valence-electron chi connectivity index (χ1n) is 26.0. The third kappa shape index (κ3) is 7.99. The van der Waals surface area contributed by atoms with Gasteiger partial charge in [-0.3, -0.25) is 4.79 Å². The zero-order chi connectivity index (χ0) is 49.5. The van der Waals surface area contributed by atoms with Crippen LogP contribution in [0.3, 0.4) is 0 Å². The van der Waals surface area contributed by atoms with Crippen molar-refractivity contribution >= 4 is 77.6 Å². The van der Waals surface area contributed by atoms with Crippen molar-refractivity contribution in [2.45, 2.75) is 117 Å². The average molecular weight is 952 g/mol. The normalized spacial score (nSPS) is 24.0. The van der Waals surface area contributed by atoms with Crippen LogP contribution in [-0.4, -0.2) is 79.3 Å². The van der Waals surface area contributed by atoms with Crippen molar-refractivity contribution in [3.63, 3.8) is 0 Å². The molecule has 1 N–H and O–H groups in total. The first-order chi connectivity index (χ1) is 34.2. The highest BCUT2D eigenvalue weighted by atomic mass is 16.5. The Morgan fingerprint density at radius 3 is 1.48 bits per heavy atom. The Kier molecular flexibility index (Phi) is 11.9. The number of aromatic nitrogens is 4. The molecule has 5 aliphatic rings. The van der Waals surface area contributed by atoms with Crippen LogP contribution in [0.4, 0.5) is 0 Å². The van der Waals surface area contributed by atoms with Crippen molar-refractivity contribution < 1.29 is 28.9 Å². The van der Waals surface area contributed by atoms with Crippen LogP contribution in [0.5, 0.6) is 11.5 Å². The van der Waals surface area contributed by atoms with E-state index < -0.39 is 5.97 Å². The number of morpholine rings is 1. The van der Waals surface area contributed by atoms with E-state index in [-0.39, 0.29) is 22.7 Å². The number of hydrogen-bond donors (Lipinski definition) is 1. The van der Waals surface area contributed by atoms with Crippen LogP contribution in [-0.2, 0) is 4.74 Å². The summed E-state index contributed by atoms with van der Waals surface area (Å²) >= 11 is 0. The topological polar surface area (TPSA) is 137 Å². The summed E-state index contributed by atoms with van der Waals surface area (Å²) in [4.78, 5) is 47.0. The second kappa shape index (κ2) is 18.0. The summed E-state index contributed by atoms with van der Waals surface area (Å²) in [7, 11) is 0. The highest BCUT2D eigenvalue weighted by Crippen LogP contribution is 2.58. The van der Waals surface area contributed by atoms with Crippen LogP contribution in [0, 0.1) is 23.7 Å². The smallest absolute Gasteiger partial charge is 0.335 e. The minimum absolute atomic E-state index is 0.0267. The molecule has 0 bridgehead atoms. The molecule has 11 nitrogen and oxygen atoms in total. The quantitative estimate of drug-likeness (QED) is 0.132. The number of aromatic carboxylic acids is 1. The molecular formula is C60H65N5O6. The van der Waals surface area contributed by atoms with Crippen LogP contribution in [0.2, 0.25) is 0 Å². The molecule has 2 saturated carbocycles. The van der Waals surface area contributed by atoms with Gasteiger partial charge >= 0.3 is 5.97 Å². The molecule has 3 fully saturated rings. The molecule has 6 aromatic carbocycles. The van der Waals surface area contributed by atoms with Crippen molar-refractivity contribution in [1.82, 2.24) is 24.8 Å². The molecule has 2 aliphatic carbocycles.